The van der Waals surface area contributed by atoms with Gasteiger partial charge in [-0.25, -0.2) is 4.98 Å². The van der Waals surface area contributed by atoms with E-state index in [1.54, 1.807) is 11.3 Å². The summed E-state index contributed by atoms with van der Waals surface area (Å²) in [5.41, 5.74) is 0.823. The van der Waals surface area contributed by atoms with Crippen LogP contribution in [-0.2, 0) is 11.2 Å². The van der Waals surface area contributed by atoms with Crippen LogP contribution >= 0.6 is 11.3 Å². The normalized spacial score (nSPS) is 10.2. The van der Waals surface area contributed by atoms with Gasteiger partial charge >= 0.3 is 0 Å². The van der Waals surface area contributed by atoms with Gasteiger partial charge in [-0.05, 0) is 19.1 Å². The van der Waals surface area contributed by atoms with Gasteiger partial charge in [0.05, 0.1) is 23.7 Å². The fraction of sp³-hybridized carbons (Fsp3) is 0.286. The van der Waals surface area contributed by atoms with Crippen molar-refractivity contribution in [2.24, 2.45) is 0 Å². The van der Waals surface area contributed by atoms with E-state index in [9.17, 15) is 4.79 Å². The molecule has 5 heteroatoms. The lowest BCUT2D eigenvalue weighted by atomic mass is 10.3. The Morgan fingerprint density at radius 2 is 2.16 bits per heavy atom. The van der Waals surface area contributed by atoms with Crippen LogP contribution in [-0.4, -0.2) is 24.0 Å². The lowest BCUT2D eigenvalue weighted by molar-refractivity contribution is -0.120. The fourth-order valence-corrected chi connectivity index (χ4v) is 2.21. The molecule has 2 aromatic rings. The van der Waals surface area contributed by atoms with Gasteiger partial charge in [0.15, 0.2) is 0 Å². The van der Waals surface area contributed by atoms with Crippen LogP contribution in [0.25, 0.3) is 0 Å². The molecule has 0 spiro atoms. The summed E-state index contributed by atoms with van der Waals surface area (Å²) in [4.78, 5) is 15.9. The molecule has 0 bridgehead atoms. The zero-order valence-electron chi connectivity index (χ0n) is 10.8. The molecule has 0 unspecified atom stereocenters. The first-order valence-corrected chi connectivity index (χ1v) is 6.97. The van der Waals surface area contributed by atoms with E-state index < -0.39 is 0 Å². The monoisotopic (exact) mass is 276 g/mol. The van der Waals surface area contributed by atoms with Crippen molar-refractivity contribution >= 4 is 17.2 Å². The van der Waals surface area contributed by atoms with E-state index in [2.05, 4.69) is 10.3 Å². The highest BCUT2D eigenvalue weighted by Gasteiger charge is 2.05. The molecule has 0 saturated carbocycles. The van der Waals surface area contributed by atoms with E-state index in [0.717, 1.165) is 16.5 Å². The molecule has 1 heterocycles. The van der Waals surface area contributed by atoms with E-state index in [1.807, 2.05) is 42.6 Å². The molecule has 4 nitrogen and oxygen atoms in total. The summed E-state index contributed by atoms with van der Waals surface area (Å²) in [5.74, 6) is 0.786. The number of benzene rings is 1. The molecule has 19 heavy (non-hydrogen) atoms. The standard InChI is InChI=1S/C14H16N2O2S/c1-11-16-12(10-19-11)9-14(17)15-7-8-18-13-5-3-2-4-6-13/h2-6,10H,7-9H2,1H3,(H,15,17). The summed E-state index contributed by atoms with van der Waals surface area (Å²) in [7, 11) is 0. The zero-order chi connectivity index (χ0) is 13.5. The second kappa shape index (κ2) is 6.89. The molecule has 1 amide bonds. The maximum Gasteiger partial charge on any atom is 0.226 e. The van der Waals surface area contributed by atoms with E-state index >= 15 is 0 Å². The van der Waals surface area contributed by atoms with Crippen molar-refractivity contribution in [1.82, 2.24) is 10.3 Å². The number of para-hydroxylation sites is 1. The second-order valence-corrected chi connectivity index (χ2v) is 5.11. The number of ether oxygens (including phenoxy) is 1. The third-order valence-electron chi connectivity index (χ3n) is 2.44. The van der Waals surface area contributed by atoms with Crippen molar-refractivity contribution in [3.8, 4) is 5.75 Å². The van der Waals surface area contributed by atoms with Crippen molar-refractivity contribution < 1.29 is 9.53 Å². The van der Waals surface area contributed by atoms with Gasteiger partial charge < -0.3 is 10.1 Å². The lowest BCUT2D eigenvalue weighted by Gasteiger charge is -2.06. The Hall–Kier alpha value is -1.88. The van der Waals surface area contributed by atoms with Crippen molar-refractivity contribution in [3.63, 3.8) is 0 Å². The summed E-state index contributed by atoms with van der Waals surface area (Å²) in [6.07, 6.45) is 0.329. The van der Waals surface area contributed by atoms with E-state index in [1.165, 1.54) is 0 Å². The Kier molecular flexibility index (Phi) is 4.92. The third kappa shape index (κ3) is 4.71. The first kappa shape index (κ1) is 13.5. The summed E-state index contributed by atoms with van der Waals surface area (Å²) < 4.78 is 5.48. The minimum absolute atomic E-state index is 0.0260. The van der Waals surface area contributed by atoms with Gasteiger partial charge in [0.25, 0.3) is 0 Å². The summed E-state index contributed by atoms with van der Waals surface area (Å²) in [6, 6.07) is 9.54. The number of hydrogen-bond acceptors (Lipinski definition) is 4. The van der Waals surface area contributed by atoms with Gasteiger partial charge in [0, 0.05) is 5.38 Å². The minimum atomic E-state index is -0.0260. The van der Waals surface area contributed by atoms with Crippen LogP contribution < -0.4 is 10.1 Å². The van der Waals surface area contributed by atoms with Gasteiger partial charge in [-0.2, -0.15) is 0 Å². The number of amides is 1. The van der Waals surface area contributed by atoms with Gasteiger partial charge in [0.2, 0.25) is 5.91 Å². The zero-order valence-corrected chi connectivity index (χ0v) is 11.6. The Bertz CT molecular complexity index is 525. The van der Waals surface area contributed by atoms with Crippen molar-refractivity contribution in [2.75, 3.05) is 13.2 Å². The van der Waals surface area contributed by atoms with Gasteiger partial charge in [-0.15, -0.1) is 11.3 Å². The third-order valence-corrected chi connectivity index (χ3v) is 3.27. The number of nitrogens with one attached hydrogen (secondary N) is 1. The molecule has 2 rings (SSSR count). The lowest BCUT2D eigenvalue weighted by Crippen LogP contribution is -2.29. The first-order chi connectivity index (χ1) is 9.24. The Balaban J connectivity index is 1.64. The molecular formula is C14H16N2O2S. The molecule has 1 aromatic carbocycles. The van der Waals surface area contributed by atoms with Crippen molar-refractivity contribution in [3.05, 3.63) is 46.4 Å². The topological polar surface area (TPSA) is 51.2 Å². The van der Waals surface area contributed by atoms with Crippen LogP contribution in [0.15, 0.2) is 35.7 Å². The average molecular weight is 276 g/mol. The SMILES string of the molecule is Cc1nc(CC(=O)NCCOc2ccccc2)cs1. The van der Waals surface area contributed by atoms with Gasteiger partial charge in [0.1, 0.15) is 12.4 Å². The smallest absolute Gasteiger partial charge is 0.226 e. The molecule has 0 aliphatic heterocycles. The number of hydrogen-bond donors (Lipinski definition) is 1. The maximum atomic E-state index is 11.6. The average Bonchev–Trinajstić information content (AvgIpc) is 2.81. The summed E-state index contributed by atoms with van der Waals surface area (Å²) >= 11 is 1.56. The van der Waals surface area contributed by atoms with Crippen LogP contribution in [0.3, 0.4) is 0 Å². The number of carbonyl (C=O) groups is 1. The number of rotatable bonds is 6. The van der Waals surface area contributed by atoms with Crippen LogP contribution in [0.1, 0.15) is 10.7 Å². The number of aromatic nitrogens is 1. The van der Waals surface area contributed by atoms with Crippen LogP contribution in [0.2, 0.25) is 0 Å². The molecule has 0 atom stereocenters. The van der Waals surface area contributed by atoms with Gasteiger partial charge in [-0.3, -0.25) is 4.79 Å². The van der Waals surface area contributed by atoms with E-state index in [0.29, 0.717) is 19.6 Å². The minimum Gasteiger partial charge on any atom is -0.492 e. The predicted molar refractivity (Wildman–Crippen MR) is 75.5 cm³/mol. The Labute approximate surface area is 116 Å². The molecule has 0 aliphatic rings. The Morgan fingerprint density at radius 1 is 1.37 bits per heavy atom. The predicted octanol–water partition coefficient (Wildman–Crippen LogP) is 2.19. The summed E-state index contributed by atoms with van der Waals surface area (Å²) in [6.45, 7) is 2.89. The molecule has 0 aliphatic carbocycles. The molecule has 0 fully saturated rings. The second-order valence-electron chi connectivity index (χ2n) is 4.05. The molecule has 0 radical (unpaired) electrons. The number of aryl methyl sites for hydroxylation is 1. The van der Waals surface area contributed by atoms with Gasteiger partial charge in [-0.1, -0.05) is 18.2 Å². The fourth-order valence-electron chi connectivity index (χ4n) is 1.59. The molecule has 1 N–H and O–H groups in total. The van der Waals surface area contributed by atoms with Crippen molar-refractivity contribution in [2.45, 2.75) is 13.3 Å². The van der Waals surface area contributed by atoms with Crippen LogP contribution in [0.5, 0.6) is 5.75 Å². The Morgan fingerprint density at radius 3 is 2.84 bits per heavy atom. The molecule has 0 saturated heterocycles. The number of nitrogens with zero attached hydrogens (tertiary/aromatic N) is 1. The number of carbonyl (C=O) groups excluding carboxylic acids is 1. The molecular weight excluding hydrogens is 260 g/mol. The quantitative estimate of drug-likeness (QED) is 0.823. The number of thiazole rings is 1. The first-order valence-electron chi connectivity index (χ1n) is 6.09. The molecule has 100 valence electrons. The highest BCUT2D eigenvalue weighted by atomic mass is 32.1. The van der Waals surface area contributed by atoms with E-state index in [4.69, 9.17) is 4.74 Å². The van der Waals surface area contributed by atoms with E-state index in [-0.39, 0.29) is 5.91 Å². The summed E-state index contributed by atoms with van der Waals surface area (Å²) in [5, 5.41) is 5.71. The van der Waals surface area contributed by atoms with Crippen LogP contribution in [0, 0.1) is 6.92 Å². The van der Waals surface area contributed by atoms with Crippen LogP contribution in [0.4, 0.5) is 0 Å². The maximum absolute atomic E-state index is 11.6. The largest absolute Gasteiger partial charge is 0.492 e. The molecule has 1 aromatic heterocycles. The highest BCUT2D eigenvalue weighted by Crippen LogP contribution is 2.08. The highest BCUT2D eigenvalue weighted by molar-refractivity contribution is 7.09. The van der Waals surface area contributed by atoms with Crippen molar-refractivity contribution in [1.29, 1.82) is 0 Å².